The summed E-state index contributed by atoms with van der Waals surface area (Å²) in [4.78, 5) is 4.26. The summed E-state index contributed by atoms with van der Waals surface area (Å²) in [5.41, 5.74) is 1.09. The van der Waals surface area contributed by atoms with Crippen molar-refractivity contribution in [2.45, 2.75) is 19.9 Å². The van der Waals surface area contributed by atoms with Crippen LogP contribution in [0.1, 0.15) is 19.4 Å². The van der Waals surface area contributed by atoms with Crippen LogP contribution in [-0.2, 0) is 0 Å². The zero-order valence-corrected chi connectivity index (χ0v) is 8.05. The van der Waals surface area contributed by atoms with E-state index in [1.165, 1.54) is 0 Å². The van der Waals surface area contributed by atoms with Crippen LogP contribution in [0.2, 0.25) is 5.02 Å². The molecule has 12 heavy (non-hydrogen) atoms. The highest BCUT2D eigenvalue weighted by molar-refractivity contribution is 6.30. The Kier molecular flexibility index (Phi) is 3.30. The van der Waals surface area contributed by atoms with Crippen molar-refractivity contribution in [2.24, 2.45) is 4.99 Å². The lowest BCUT2D eigenvalue weighted by Gasteiger charge is -1.95. The smallest absolute Gasteiger partial charge is 0.0443 e. The van der Waals surface area contributed by atoms with E-state index in [0.717, 1.165) is 10.6 Å². The van der Waals surface area contributed by atoms with Crippen LogP contribution >= 0.6 is 11.6 Å². The van der Waals surface area contributed by atoms with Gasteiger partial charge in [0.25, 0.3) is 0 Å². The lowest BCUT2D eigenvalue weighted by Crippen LogP contribution is -1.89. The maximum absolute atomic E-state index is 5.73. The van der Waals surface area contributed by atoms with Crippen LogP contribution in [0.5, 0.6) is 0 Å². The summed E-state index contributed by atoms with van der Waals surface area (Å²) in [6.07, 6.45) is 1.86. The standard InChI is InChI=1S/C10H12ClN/c1-8(2)12-7-9-3-5-10(11)6-4-9/h3-8H,1-2H3. The molecule has 0 unspecified atom stereocenters. The predicted molar refractivity (Wildman–Crippen MR) is 54.2 cm³/mol. The van der Waals surface area contributed by atoms with Crippen molar-refractivity contribution in [3.63, 3.8) is 0 Å². The SMILES string of the molecule is CC(C)N=Cc1ccc(Cl)cc1. The van der Waals surface area contributed by atoms with Crippen LogP contribution < -0.4 is 0 Å². The van der Waals surface area contributed by atoms with Gasteiger partial charge in [0, 0.05) is 17.3 Å². The van der Waals surface area contributed by atoms with Crippen LogP contribution in [-0.4, -0.2) is 12.3 Å². The highest BCUT2D eigenvalue weighted by atomic mass is 35.5. The molecule has 0 amide bonds. The molecule has 0 N–H and O–H groups in total. The number of rotatable bonds is 2. The molecule has 0 aliphatic carbocycles. The number of benzene rings is 1. The molecule has 0 bridgehead atoms. The molecule has 2 heteroatoms. The predicted octanol–water partition coefficient (Wildman–Crippen LogP) is 3.17. The van der Waals surface area contributed by atoms with Gasteiger partial charge in [-0.2, -0.15) is 0 Å². The third-order valence-electron chi connectivity index (χ3n) is 1.39. The van der Waals surface area contributed by atoms with E-state index >= 15 is 0 Å². The molecule has 0 radical (unpaired) electrons. The fraction of sp³-hybridized carbons (Fsp3) is 0.300. The van der Waals surface area contributed by atoms with E-state index in [1.54, 1.807) is 0 Å². The molecule has 1 aromatic carbocycles. The Labute approximate surface area is 78.1 Å². The number of hydrogen-bond donors (Lipinski definition) is 0. The highest BCUT2D eigenvalue weighted by Crippen LogP contribution is 2.07. The van der Waals surface area contributed by atoms with Crippen LogP contribution in [0.25, 0.3) is 0 Å². The number of aliphatic imine (C=N–C) groups is 1. The van der Waals surface area contributed by atoms with E-state index in [4.69, 9.17) is 11.6 Å². The van der Waals surface area contributed by atoms with Gasteiger partial charge in [0.1, 0.15) is 0 Å². The molecule has 0 saturated heterocycles. The lowest BCUT2D eigenvalue weighted by atomic mass is 10.2. The lowest BCUT2D eigenvalue weighted by molar-refractivity contribution is 0.841. The molecule has 0 aromatic heterocycles. The first-order valence-electron chi connectivity index (χ1n) is 3.97. The molecule has 1 nitrogen and oxygen atoms in total. The first kappa shape index (κ1) is 9.27. The molecular formula is C10H12ClN. The number of halogens is 1. The first-order valence-corrected chi connectivity index (χ1v) is 4.35. The molecule has 0 aliphatic heterocycles. The van der Waals surface area contributed by atoms with E-state index in [1.807, 2.05) is 44.3 Å². The van der Waals surface area contributed by atoms with E-state index in [-0.39, 0.29) is 0 Å². The van der Waals surface area contributed by atoms with Gasteiger partial charge in [0.15, 0.2) is 0 Å². The average Bonchev–Trinajstić information content (AvgIpc) is 2.03. The van der Waals surface area contributed by atoms with Crippen molar-refractivity contribution >= 4 is 17.8 Å². The Morgan fingerprint density at radius 1 is 1.25 bits per heavy atom. The van der Waals surface area contributed by atoms with Crippen molar-refractivity contribution in [3.8, 4) is 0 Å². The number of nitrogens with zero attached hydrogens (tertiary/aromatic N) is 1. The second kappa shape index (κ2) is 4.27. The monoisotopic (exact) mass is 181 g/mol. The zero-order chi connectivity index (χ0) is 8.97. The molecule has 0 spiro atoms. The second-order valence-corrected chi connectivity index (χ2v) is 3.36. The minimum absolute atomic E-state index is 0.348. The van der Waals surface area contributed by atoms with Crippen LogP contribution in [0, 0.1) is 0 Å². The maximum Gasteiger partial charge on any atom is 0.0443 e. The highest BCUT2D eigenvalue weighted by Gasteiger charge is 1.88. The Balaban J connectivity index is 2.71. The Hall–Kier alpha value is -0.820. The van der Waals surface area contributed by atoms with Gasteiger partial charge in [0.05, 0.1) is 0 Å². The van der Waals surface area contributed by atoms with Crippen molar-refractivity contribution in [3.05, 3.63) is 34.9 Å². The van der Waals surface area contributed by atoms with Gasteiger partial charge < -0.3 is 0 Å². The van der Waals surface area contributed by atoms with Crippen molar-refractivity contribution in [1.82, 2.24) is 0 Å². The minimum atomic E-state index is 0.348. The zero-order valence-electron chi connectivity index (χ0n) is 7.29. The summed E-state index contributed by atoms with van der Waals surface area (Å²) in [7, 11) is 0. The minimum Gasteiger partial charge on any atom is -0.290 e. The quantitative estimate of drug-likeness (QED) is 0.622. The van der Waals surface area contributed by atoms with Gasteiger partial charge in [-0.05, 0) is 31.5 Å². The van der Waals surface area contributed by atoms with Crippen molar-refractivity contribution < 1.29 is 0 Å². The van der Waals surface area contributed by atoms with Crippen LogP contribution in [0.4, 0.5) is 0 Å². The van der Waals surface area contributed by atoms with Gasteiger partial charge in [-0.1, -0.05) is 23.7 Å². The van der Waals surface area contributed by atoms with Crippen molar-refractivity contribution in [1.29, 1.82) is 0 Å². The Morgan fingerprint density at radius 2 is 1.83 bits per heavy atom. The van der Waals surface area contributed by atoms with Gasteiger partial charge in [-0.15, -0.1) is 0 Å². The third-order valence-corrected chi connectivity index (χ3v) is 1.64. The molecule has 0 saturated carbocycles. The van der Waals surface area contributed by atoms with Gasteiger partial charge in [-0.3, -0.25) is 4.99 Å². The third kappa shape index (κ3) is 3.05. The summed E-state index contributed by atoms with van der Waals surface area (Å²) in [6.45, 7) is 4.10. The van der Waals surface area contributed by atoms with E-state index in [9.17, 15) is 0 Å². The average molecular weight is 182 g/mol. The van der Waals surface area contributed by atoms with E-state index in [0.29, 0.717) is 6.04 Å². The molecular weight excluding hydrogens is 170 g/mol. The molecule has 1 rings (SSSR count). The maximum atomic E-state index is 5.73. The van der Waals surface area contributed by atoms with Crippen LogP contribution in [0.3, 0.4) is 0 Å². The molecule has 0 fully saturated rings. The summed E-state index contributed by atoms with van der Waals surface area (Å²) in [6, 6.07) is 7.98. The van der Waals surface area contributed by atoms with Gasteiger partial charge >= 0.3 is 0 Å². The fourth-order valence-corrected chi connectivity index (χ4v) is 0.910. The summed E-state index contributed by atoms with van der Waals surface area (Å²) >= 11 is 5.73. The molecule has 0 aliphatic rings. The normalized spacial score (nSPS) is 11.3. The fourth-order valence-electron chi connectivity index (χ4n) is 0.784. The van der Waals surface area contributed by atoms with E-state index < -0.39 is 0 Å². The molecule has 0 atom stereocenters. The molecule has 0 heterocycles. The summed E-state index contributed by atoms with van der Waals surface area (Å²) in [5, 5.41) is 0.761. The van der Waals surface area contributed by atoms with E-state index in [2.05, 4.69) is 4.99 Å². The van der Waals surface area contributed by atoms with Gasteiger partial charge in [-0.25, -0.2) is 0 Å². The summed E-state index contributed by atoms with van der Waals surface area (Å²) < 4.78 is 0. The molecule has 1 aromatic rings. The van der Waals surface area contributed by atoms with Crippen molar-refractivity contribution in [2.75, 3.05) is 0 Å². The Morgan fingerprint density at radius 3 is 2.33 bits per heavy atom. The second-order valence-electron chi connectivity index (χ2n) is 2.92. The van der Waals surface area contributed by atoms with Crippen LogP contribution in [0.15, 0.2) is 29.3 Å². The molecule has 64 valence electrons. The largest absolute Gasteiger partial charge is 0.290 e. The first-order chi connectivity index (χ1) is 5.68. The topological polar surface area (TPSA) is 12.4 Å². The van der Waals surface area contributed by atoms with Gasteiger partial charge in [0.2, 0.25) is 0 Å². The summed E-state index contributed by atoms with van der Waals surface area (Å²) in [5.74, 6) is 0. The Bertz CT molecular complexity index is 262. The number of hydrogen-bond acceptors (Lipinski definition) is 1.